The average Bonchev–Trinajstić information content (AvgIpc) is 3.20. The second-order valence-corrected chi connectivity index (χ2v) is 4.57. The lowest BCUT2D eigenvalue weighted by molar-refractivity contribution is -0.154. The molecule has 0 aromatic heterocycles. The van der Waals surface area contributed by atoms with E-state index >= 15 is 0 Å². The van der Waals surface area contributed by atoms with Crippen LogP contribution in [0.15, 0.2) is 36.5 Å². The van der Waals surface area contributed by atoms with Gasteiger partial charge in [0.25, 0.3) is 0 Å². The van der Waals surface area contributed by atoms with Crippen LogP contribution >= 0.6 is 0 Å². The third kappa shape index (κ3) is 9.34. The standard InChI is InChI=1S/C8H10O3.C7H10O3/c1-5(2)7(9)11-8(10)6(3)4;1-5(2)7(8)10-4-6-3-9-6/h1,3H2,2,4H3;6H,1,3-4H2,2H3. The van der Waals surface area contributed by atoms with E-state index in [1.165, 1.54) is 13.8 Å². The molecule has 1 saturated heterocycles. The van der Waals surface area contributed by atoms with Gasteiger partial charge in [-0.25, -0.2) is 14.4 Å². The summed E-state index contributed by atoms with van der Waals surface area (Å²) in [4.78, 5) is 32.0. The van der Waals surface area contributed by atoms with E-state index in [-0.39, 0.29) is 23.2 Å². The predicted octanol–water partition coefficient (Wildman–Crippen LogP) is 1.71. The first-order valence-electron chi connectivity index (χ1n) is 6.16. The monoisotopic (exact) mass is 296 g/mol. The number of carbonyl (C=O) groups excluding carboxylic acids is 3. The van der Waals surface area contributed by atoms with Crippen LogP contribution in [-0.2, 0) is 28.6 Å². The van der Waals surface area contributed by atoms with Crippen LogP contribution in [0.2, 0.25) is 0 Å². The van der Waals surface area contributed by atoms with E-state index in [0.29, 0.717) is 18.8 Å². The first kappa shape index (κ1) is 18.8. The molecule has 0 aliphatic carbocycles. The molecule has 0 aromatic rings. The Labute approximate surface area is 124 Å². The third-order valence-electron chi connectivity index (χ3n) is 2.03. The van der Waals surface area contributed by atoms with Gasteiger partial charge in [-0.1, -0.05) is 19.7 Å². The topological polar surface area (TPSA) is 82.2 Å². The van der Waals surface area contributed by atoms with Crippen molar-refractivity contribution in [2.24, 2.45) is 0 Å². The van der Waals surface area contributed by atoms with Gasteiger partial charge < -0.3 is 14.2 Å². The van der Waals surface area contributed by atoms with Crippen LogP contribution < -0.4 is 0 Å². The van der Waals surface area contributed by atoms with Gasteiger partial charge in [-0.15, -0.1) is 0 Å². The summed E-state index contributed by atoms with van der Waals surface area (Å²) in [7, 11) is 0. The molecule has 1 atom stereocenters. The number of rotatable bonds is 5. The van der Waals surface area contributed by atoms with Crippen molar-refractivity contribution in [2.75, 3.05) is 13.2 Å². The van der Waals surface area contributed by atoms with Crippen molar-refractivity contribution in [2.45, 2.75) is 26.9 Å². The van der Waals surface area contributed by atoms with Gasteiger partial charge in [0.1, 0.15) is 12.7 Å². The molecule has 0 spiro atoms. The van der Waals surface area contributed by atoms with E-state index in [1.807, 2.05) is 0 Å². The zero-order valence-electron chi connectivity index (χ0n) is 12.6. The van der Waals surface area contributed by atoms with Crippen molar-refractivity contribution >= 4 is 17.9 Å². The van der Waals surface area contributed by atoms with Crippen LogP contribution in [0.25, 0.3) is 0 Å². The summed E-state index contributed by atoms with van der Waals surface area (Å²) in [6.07, 6.45) is 0.142. The molecular formula is C15H20O6. The van der Waals surface area contributed by atoms with Gasteiger partial charge in [0.2, 0.25) is 0 Å². The van der Waals surface area contributed by atoms with E-state index < -0.39 is 11.9 Å². The maximum absolute atomic E-state index is 10.7. The van der Waals surface area contributed by atoms with Gasteiger partial charge in [-0.2, -0.15) is 0 Å². The summed E-state index contributed by atoms with van der Waals surface area (Å²) in [6, 6.07) is 0. The summed E-state index contributed by atoms with van der Waals surface area (Å²) in [5.74, 6) is -1.76. The Morgan fingerprint density at radius 2 is 1.33 bits per heavy atom. The van der Waals surface area contributed by atoms with Gasteiger partial charge >= 0.3 is 17.9 Å². The Bertz CT molecular complexity index is 447. The molecule has 0 N–H and O–H groups in total. The lowest BCUT2D eigenvalue weighted by Gasteiger charge is -1.99. The predicted molar refractivity (Wildman–Crippen MR) is 76.2 cm³/mol. The maximum Gasteiger partial charge on any atom is 0.340 e. The molecule has 1 aliphatic rings. The highest BCUT2D eigenvalue weighted by Crippen LogP contribution is 2.09. The minimum absolute atomic E-state index is 0.142. The normalized spacial score (nSPS) is 14.9. The number of esters is 3. The van der Waals surface area contributed by atoms with Crippen LogP contribution in [0.3, 0.4) is 0 Å². The Kier molecular flexibility index (Phi) is 7.93. The van der Waals surface area contributed by atoms with Crippen molar-refractivity contribution in [1.82, 2.24) is 0 Å². The van der Waals surface area contributed by atoms with Gasteiger partial charge in [0, 0.05) is 16.7 Å². The minimum Gasteiger partial charge on any atom is -0.459 e. The third-order valence-corrected chi connectivity index (χ3v) is 2.03. The van der Waals surface area contributed by atoms with Crippen LogP contribution in [0.1, 0.15) is 20.8 Å². The highest BCUT2D eigenvalue weighted by molar-refractivity contribution is 6.00. The minimum atomic E-state index is -0.710. The smallest absolute Gasteiger partial charge is 0.340 e. The molecule has 1 fully saturated rings. The molecule has 21 heavy (non-hydrogen) atoms. The van der Waals surface area contributed by atoms with E-state index in [4.69, 9.17) is 9.47 Å². The Morgan fingerprint density at radius 1 is 0.952 bits per heavy atom. The fraction of sp³-hybridized carbons (Fsp3) is 0.400. The summed E-state index contributed by atoms with van der Waals surface area (Å²) in [6.45, 7) is 15.7. The van der Waals surface area contributed by atoms with Gasteiger partial charge in [-0.3, -0.25) is 0 Å². The first-order chi connectivity index (χ1) is 9.65. The summed E-state index contributed by atoms with van der Waals surface area (Å²) in [5.41, 5.74) is 0.819. The first-order valence-corrected chi connectivity index (χ1v) is 6.16. The van der Waals surface area contributed by atoms with E-state index in [2.05, 4.69) is 24.5 Å². The lowest BCUT2D eigenvalue weighted by atomic mass is 10.3. The van der Waals surface area contributed by atoms with Gasteiger partial charge in [-0.05, 0) is 20.8 Å². The zero-order valence-corrected chi connectivity index (χ0v) is 12.6. The molecule has 0 saturated carbocycles. The molecule has 1 rings (SSSR count). The Morgan fingerprint density at radius 3 is 1.62 bits per heavy atom. The Balaban J connectivity index is 0.000000382. The molecule has 116 valence electrons. The number of carbonyl (C=O) groups is 3. The van der Waals surface area contributed by atoms with Crippen LogP contribution in [0.5, 0.6) is 0 Å². The number of epoxide rings is 1. The van der Waals surface area contributed by atoms with E-state index in [9.17, 15) is 14.4 Å². The van der Waals surface area contributed by atoms with E-state index in [0.717, 1.165) is 0 Å². The van der Waals surface area contributed by atoms with Gasteiger partial charge in [0.05, 0.1) is 6.61 Å². The highest BCUT2D eigenvalue weighted by atomic mass is 16.6. The highest BCUT2D eigenvalue weighted by Gasteiger charge is 2.24. The molecule has 0 aromatic carbocycles. The fourth-order valence-corrected chi connectivity index (χ4v) is 0.715. The zero-order chi connectivity index (χ0) is 16.6. The summed E-state index contributed by atoms with van der Waals surface area (Å²) < 4.78 is 13.9. The van der Waals surface area contributed by atoms with Crippen LogP contribution in [0.4, 0.5) is 0 Å². The number of ether oxygens (including phenoxy) is 3. The molecular weight excluding hydrogens is 276 g/mol. The number of hydrogen-bond donors (Lipinski definition) is 0. The molecule has 0 bridgehead atoms. The second kappa shape index (κ2) is 8.86. The van der Waals surface area contributed by atoms with Gasteiger partial charge in [0.15, 0.2) is 0 Å². The van der Waals surface area contributed by atoms with E-state index in [1.54, 1.807) is 6.92 Å². The van der Waals surface area contributed by atoms with Crippen LogP contribution in [-0.4, -0.2) is 37.2 Å². The molecule has 1 heterocycles. The molecule has 1 aliphatic heterocycles. The van der Waals surface area contributed by atoms with Crippen molar-refractivity contribution in [1.29, 1.82) is 0 Å². The van der Waals surface area contributed by atoms with Crippen molar-refractivity contribution in [3.8, 4) is 0 Å². The number of hydrogen-bond acceptors (Lipinski definition) is 6. The summed E-state index contributed by atoms with van der Waals surface area (Å²) in [5, 5.41) is 0. The van der Waals surface area contributed by atoms with Crippen molar-refractivity contribution in [3.05, 3.63) is 36.5 Å². The maximum atomic E-state index is 10.7. The molecule has 6 nitrogen and oxygen atoms in total. The molecule has 1 unspecified atom stereocenters. The molecule has 0 amide bonds. The summed E-state index contributed by atoms with van der Waals surface area (Å²) >= 11 is 0. The van der Waals surface area contributed by atoms with Crippen molar-refractivity contribution in [3.63, 3.8) is 0 Å². The second-order valence-electron chi connectivity index (χ2n) is 4.57. The average molecular weight is 296 g/mol. The largest absolute Gasteiger partial charge is 0.459 e. The molecule has 0 radical (unpaired) electrons. The molecule has 6 heteroatoms. The fourth-order valence-electron chi connectivity index (χ4n) is 0.715. The SMILES string of the molecule is C=C(C)C(=O)OC(=O)C(=C)C.C=C(C)C(=O)OCC1CO1. The van der Waals surface area contributed by atoms with Crippen molar-refractivity contribution < 1.29 is 28.6 Å². The quantitative estimate of drug-likeness (QED) is 0.332. The van der Waals surface area contributed by atoms with Crippen LogP contribution in [0, 0.1) is 0 Å². The Hall–Kier alpha value is -2.21. The lowest BCUT2D eigenvalue weighted by Crippen LogP contribution is -2.12.